The normalized spacial score (nSPS) is 42.4. The first-order chi connectivity index (χ1) is 5.77. The van der Waals surface area contributed by atoms with Crippen LogP contribution in [0.15, 0.2) is 12.2 Å². The van der Waals surface area contributed by atoms with Gasteiger partial charge in [0, 0.05) is 6.42 Å². The van der Waals surface area contributed by atoms with Gasteiger partial charge in [-0.25, -0.2) is 4.39 Å². The van der Waals surface area contributed by atoms with Crippen LogP contribution >= 0.6 is 0 Å². The molecule has 1 saturated carbocycles. The lowest BCUT2D eigenvalue weighted by Gasteiger charge is -2.37. The Kier molecular flexibility index (Phi) is 2.15. The highest BCUT2D eigenvalue weighted by Gasteiger charge is 2.36. The van der Waals surface area contributed by atoms with Crippen molar-refractivity contribution in [3.8, 4) is 0 Å². The van der Waals surface area contributed by atoms with Crippen molar-refractivity contribution in [2.75, 3.05) is 13.2 Å². The zero-order chi connectivity index (χ0) is 8.55. The number of fused-ring (bicyclic) bond motifs is 1. The maximum absolute atomic E-state index is 13.1. The molecule has 2 nitrogen and oxygen atoms in total. The second kappa shape index (κ2) is 3.15. The van der Waals surface area contributed by atoms with Gasteiger partial charge in [-0.2, -0.15) is 0 Å². The Morgan fingerprint density at radius 2 is 1.92 bits per heavy atom. The quantitative estimate of drug-likeness (QED) is 0.515. The molecule has 3 heteroatoms. The van der Waals surface area contributed by atoms with Crippen LogP contribution in [0.4, 0.5) is 4.39 Å². The third kappa shape index (κ3) is 1.39. The fourth-order valence-electron chi connectivity index (χ4n) is 1.78. The molecule has 0 bridgehead atoms. The van der Waals surface area contributed by atoms with Crippen LogP contribution in [0, 0.1) is 0 Å². The van der Waals surface area contributed by atoms with Gasteiger partial charge in [0.15, 0.2) is 0 Å². The molecule has 1 saturated heterocycles. The van der Waals surface area contributed by atoms with Gasteiger partial charge >= 0.3 is 0 Å². The van der Waals surface area contributed by atoms with E-state index in [9.17, 15) is 4.39 Å². The fourth-order valence-corrected chi connectivity index (χ4v) is 1.78. The molecule has 0 N–H and O–H groups in total. The maximum Gasteiger partial charge on any atom is 0.124 e. The van der Waals surface area contributed by atoms with Crippen LogP contribution in [0.1, 0.15) is 12.8 Å². The third-order valence-corrected chi connectivity index (χ3v) is 2.51. The molecular formula is C9H13FO2. The lowest BCUT2D eigenvalue weighted by atomic mass is 9.89. The summed E-state index contributed by atoms with van der Waals surface area (Å²) in [6, 6.07) is 0. The fraction of sp³-hybridized carbons (Fsp3) is 0.778. The standard InChI is InChI=1S/C9H13FO2/c1-6-4-8-9(5-7(6)10)12-3-2-11-8/h7-9H,1-5H2. The zero-order valence-electron chi connectivity index (χ0n) is 6.96. The Morgan fingerprint density at radius 1 is 1.25 bits per heavy atom. The minimum Gasteiger partial charge on any atom is -0.373 e. The van der Waals surface area contributed by atoms with Crippen LogP contribution in [0.3, 0.4) is 0 Å². The first-order valence-corrected chi connectivity index (χ1v) is 4.32. The van der Waals surface area contributed by atoms with Crippen molar-refractivity contribution in [2.45, 2.75) is 31.2 Å². The Hall–Kier alpha value is -0.410. The van der Waals surface area contributed by atoms with Crippen molar-refractivity contribution in [1.82, 2.24) is 0 Å². The average Bonchev–Trinajstić information content (AvgIpc) is 2.07. The van der Waals surface area contributed by atoms with Crippen LogP contribution in [0.25, 0.3) is 0 Å². The van der Waals surface area contributed by atoms with Gasteiger partial charge in [-0.05, 0) is 12.0 Å². The predicted molar refractivity (Wildman–Crippen MR) is 42.8 cm³/mol. The van der Waals surface area contributed by atoms with Crippen molar-refractivity contribution in [3.63, 3.8) is 0 Å². The summed E-state index contributed by atoms with van der Waals surface area (Å²) in [5.74, 6) is 0. The van der Waals surface area contributed by atoms with Crippen LogP contribution in [0.5, 0.6) is 0 Å². The molecule has 0 aromatic heterocycles. The minimum atomic E-state index is -0.895. The van der Waals surface area contributed by atoms with Crippen molar-refractivity contribution in [1.29, 1.82) is 0 Å². The molecule has 2 aliphatic rings. The van der Waals surface area contributed by atoms with Crippen LogP contribution in [-0.2, 0) is 9.47 Å². The first-order valence-electron chi connectivity index (χ1n) is 4.32. The largest absolute Gasteiger partial charge is 0.373 e. The smallest absolute Gasteiger partial charge is 0.124 e. The summed E-state index contributed by atoms with van der Waals surface area (Å²) in [6.07, 6.45) is 0.153. The topological polar surface area (TPSA) is 18.5 Å². The van der Waals surface area contributed by atoms with E-state index in [1.807, 2.05) is 0 Å². The van der Waals surface area contributed by atoms with E-state index in [0.29, 0.717) is 31.6 Å². The van der Waals surface area contributed by atoms with E-state index in [1.165, 1.54) is 0 Å². The van der Waals surface area contributed by atoms with Gasteiger partial charge in [-0.15, -0.1) is 0 Å². The molecule has 0 spiro atoms. The SMILES string of the molecule is C=C1CC2OCCOC2CC1F. The van der Waals surface area contributed by atoms with E-state index < -0.39 is 6.17 Å². The van der Waals surface area contributed by atoms with E-state index in [-0.39, 0.29) is 12.2 Å². The van der Waals surface area contributed by atoms with Crippen molar-refractivity contribution in [3.05, 3.63) is 12.2 Å². The molecule has 2 rings (SSSR count). The summed E-state index contributed by atoms with van der Waals surface area (Å²) >= 11 is 0. The van der Waals surface area contributed by atoms with Gasteiger partial charge in [-0.3, -0.25) is 0 Å². The third-order valence-electron chi connectivity index (χ3n) is 2.51. The molecule has 0 radical (unpaired) electrons. The second-order valence-corrected chi connectivity index (χ2v) is 3.38. The summed E-state index contributed by atoms with van der Waals surface area (Å²) in [6.45, 7) is 4.90. The Labute approximate surface area is 71.4 Å². The van der Waals surface area contributed by atoms with E-state index in [1.54, 1.807) is 0 Å². The Bertz CT molecular complexity index is 193. The van der Waals surface area contributed by atoms with Gasteiger partial charge in [0.2, 0.25) is 0 Å². The molecule has 3 unspecified atom stereocenters. The highest BCUT2D eigenvalue weighted by atomic mass is 19.1. The average molecular weight is 172 g/mol. The maximum atomic E-state index is 13.1. The number of hydrogen-bond donors (Lipinski definition) is 0. The second-order valence-electron chi connectivity index (χ2n) is 3.38. The summed E-state index contributed by atoms with van der Waals surface area (Å²) < 4.78 is 24.0. The molecule has 2 fully saturated rings. The predicted octanol–water partition coefficient (Wildman–Crippen LogP) is 1.46. The summed E-state index contributed by atoms with van der Waals surface area (Å²) in [5.41, 5.74) is 0.654. The van der Waals surface area contributed by atoms with Gasteiger partial charge < -0.3 is 9.47 Å². The number of ether oxygens (including phenoxy) is 2. The van der Waals surface area contributed by atoms with Gasteiger partial charge in [0.1, 0.15) is 6.17 Å². The van der Waals surface area contributed by atoms with E-state index in [2.05, 4.69) is 6.58 Å². The molecule has 3 atom stereocenters. The van der Waals surface area contributed by atoms with E-state index in [0.717, 1.165) is 0 Å². The molecule has 1 aliphatic carbocycles. The van der Waals surface area contributed by atoms with Crippen molar-refractivity contribution < 1.29 is 13.9 Å². The number of halogens is 1. The monoisotopic (exact) mass is 172 g/mol. The van der Waals surface area contributed by atoms with E-state index >= 15 is 0 Å². The lowest BCUT2D eigenvalue weighted by Crippen LogP contribution is -2.44. The molecule has 1 aliphatic heterocycles. The van der Waals surface area contributed by atoms with Crippen molar-refractivity contribution >= 4 is 0 Å². The molecule has 1 heterocycles. The van der Waals surface area contributed by atoms with Crippen molar-refractivity contribution in [2.24, 2.45) is 0 Å². The van der Waals surface area contributed by atoms with Crippen LogP contribution in [0.2, 0.25) is 0 Å². The van der Waals surface area contributed by atoms with Crippen LogP contribution < -0.4 is 0 Å². The van der Waals surface area contributed by atoms with Gasteiger partial charge in [0.25, 0.3) is 0 Å². The molecular weight excluding hydrogens is 159 g/mol. The van der Waals surface area contributed by atoms with Gasteiger partial charge in [0.05, 0.1) is 25.4 Å². The number of rotatable bonds is 0. The zero-order valence-corrected chi connectivity index (χ0v) is 6.96. The minimum absolute atomic E-state index is 0.0424. The highest BCUT2D eigenvalue weighted by molar-refractivity contribution is 5.10. The first kappa shape index (κ1) is 8.20. The highest BCUT2D eigenvalue weighted by Crippen LogP contribution is 2.31. The molecule has 0 aromatic carbocycles. The molecule has 12 heavy (non-hydrogen) atoms. The Morgan fingerprint density at radius 3 is 2.67 bits per heavy atom. The molecule has 68 valence electrons. The Balaban J connectivity index is 2.02. The molecule has 0 aromatic rings. The summed E-state index contributed by atoms with van der Waals surface area (Å²) in [5, 5.41) is 0. The lowest BCUT2D eigenvalue weighted by molar-refractivity contribution is -0.153. The summed E-state index contributed by atoms with van der Waals surface area (Å²) in [4.78, 5) is 0. The van der Waals surface area contributed by atoms with Crippen LogP contribution in [-0.4, -0.2) is 31.6 Å². The number of hydrogen-bond acceptors (Lipinski definition) is 2. The number of alkyl halides is 1. The molecule has 0 amide bonds. The summed E-state index contributed by atoms with van der Waals surface area (Å²) in [7, 11) is 0. The van der Waals surface area contributed by atoms with Gasteiger partial charge in [-0.1, -0.05) is 6.58 Å². The van der Waals surface area contributed by atoms with E-state index in [4.69, 9.17) is 9.47 Å².